The first-order chi connectivity index (χ1) is 20.2. The Kier molecular flexibility index (Phi) is 11.4. The molecule has 2 saturated heterocycles. The van der Waals surface area contributed by atoms with Crippen LogP contribution in [0.3, 0.4) is 0 Å². The van der Waals surface area contributed by atoms with Crippen molar-refractivity contribution in [2.45, 2.75) is 57.5 Å². The van der Waals surface area contributed by atoms with Crippen LogP contribution in [0.1, 0.15) is 57.1 Å². The van der Waals surface area contributed by atoms with Crippen molar-refractivity contribution in [3.63, 3.8) is 0 Å². The lowest BCUT2D eigenvalue weighted by atomic mass is 10.00. The molecule has 228 valence electrons. The van der Waals surface area contributed by atoms with Gasteiger partial charge in [-0.25, -0.2) is 13.2 Å². The summed E-state index contributed by atoms with van der Waals surface area (Å²) in [5.41, 5.74) is 0.606. The van der Waals surface area contributed by atoms with Crippen molar-refractivity contribution in [1.82, 2.24) is 20.4 Å². The number of carbonyl (C=O) groups excluding carboxylic acids is 3. The molecular formula is C31H39F3N4O4. The molecule has 0 aliphatic carbocycles. The number of hydrogen-bond acceptors (Lipinski definition) is 5. The quantitative estimate of drug-likeness (QED) is 0.346. The van der Waals surface area contributed by atoms with Crippen LogP contribution in [0.25, 0.3) is 11.1 Å². The van der Waals surface area contributed by atoms with E-state index in [4.69, 9.17) is 4.74 Å². The fourth-order valence-electron chi connectivity index (χ4n) is 5.51. The Balaban J connectivity index is 1.19. The fourth-order valence-corrected chi connectivity index (χ4v) is 5.51. The summed E-state index contributed by atoms with van der Waals surface area (Å²) < 4.78 is 47.1. The van der Waals surface area contributed by atoms with Gasteiger partial charge in [0.25, 0.3) is 0 Å². The average Bonchev–Trinajstić information content (AvgIpc) is 3.66. The van der Waals surface area contributed by atoms with Crippen molar-refractivity contribution in [3.05, 3.63) is 59.4 Å². The minimum Gasteiger partial charge on any atom is -0.381 e. The first-order valence-corrected chi connectivity index (χ1v) is 14.6. The van der Waals surface area contributed by atoms with E-state index in [0.717, 1.165) is 26.1 Å². The van der Waals surface area contributed by atoms with Gasteiger partial charge in [-0.05, 0) is 63.2 Å². The highest BCUT2D eigenvalue weighted by Crippen LogP contribution is 2.28. The van der Waals surface area contributed by atoms with Gasteiger partial charge in [0.15, 0.2) is 0 Å². The predicted octanol–water partition coefficient (Wildman–Crippen LogP) is 3.95. The SMILES string of the molecule is CC(NC(=O)C1CCCN1C(=O)CNC(=O)CCOCCCN1CCCC1)c1ccc(-c2c(F)cc(F)cc2F)cc1. The lowest BCUT2D eigenvalue weighted by Crippen LogP contribution is -2.49. The third-order valence-corrected chi connectivity index (χ3v) is 7.81. The zero-order chi connectivity index (χ0) is 30.1. The van der Waals surface area contributed by atoms with Crippen molar-refractivity contribution in [1.29, 1.82) is 0 Å². The van der Waals surface area contributed by atoms with E-state index in [9.17, 15) is 27.6 Å². The first-order valence-electron chi connectivity index (χ1n) is 14.6. The summed E-state index contributed by atoms with van der Waals surface area (Å²) in [5.74, 6) is -3.91. The lowest BCUT2D eigenvalue weighted by Gasteiger charge is -2.26. The number of nitrogens with one attached hydrogen (secondary N) is 2. The van der Waals surface area contributed by atoms with Gasteiger partial charge in [-0.3, -0.25) is 14.4 Å². The number of rotatable bonds is 13. The van der Waals surface area contributed by atoms with Gasteiger partial charge in [0.1, 0.15) is 23.5 Å². The number of likely N-dealkylation sites (tertiary alicyclic amines) is 2. The number of halogens is 3. The summed E-state index contributed by atoms with van der Waals surface area (Å²) in [7, 11) is 0. The Bertz CT molecular complexity index is 1210. The zero-order valence-corrected chi connectivity index (χ0v) is 24.0. The molecule has 2 heterocycles. The summed E-state index contributed by atoms with van der Waals surface area (Å²) in [6.07, 6.45) is 4.78. The number of amides is 3. The van der Waals surface area contributed by atoms with E-state index < -0.39 is 29.5 Å². The van der Waals surface area contributed by atoms with Crippen LogP contribution in [-0.4, -0.2) is 79.5 Å². The Morgan fingerprint density at radius 3 is 2.36 bits per heavy atom. The molecule has 2 aromatic carbocycles. The number of hydrogen-bond donors (Lipinski definition) is 2. The van der Waals surface area contributed by atoms with Crippen LogP contribution in [0.15, 0.2) is 36.4 Å². The molecule has 2 atom stereocenters. The number of ether oxygens (including phenoxy) is 1. The normalized spacial score (nSPS) is 17.8. The topological polar surface area (TPSA) is 91.0 Å². The van der Waals surface area contributed by atoms with Gasteiger partial charge < -0.3 is 25.2 Å². The molecule has 11 heteroatoms. The minimum atomic E-state index is -1.000. The van der Waals surface area contributed by atoms with E-state index in [1.165, 1.54) is 29.9 Å². The van der Waals surface area contributed by atoms with Crippen molar-refractivity contribution in [2.75, 3.05) is 45.9 Å². The highest BCUT2D eigenvalue weighted by Gasteiger charge is 2.34. The Morgan fingerprint density at radius 2 is 1.67 bits per heavy atom. The van der Waals surface area contributed by atoms with Gasteiger partial charge in [0, 0.05) is 38.2 Å². The Hall–Kier alpha value is -3.44. The molecule has 2 aliphatic heterocycles. The monoisotopic (exact) mass is 588 g/mol. The van der Waals surface area contributed by atoms with Gasteiger partial charge in [-0.15, -0.1) is 0 Å². The van der Waals surface area contributed by atoms with Gasteiger partial charge in [-0.2, -0.15) is 0 Å². The molecule has 0 saturated carbocycles. The maximum atomic E-state index is 14.1. The lowest BCUT2D eigenvalue weighted by molar-refractivity contribution is -0.139. The van der Waals surface area contributed by atoms with Crippen LogP contribution < -0.4 is 10.6 Å². The van der Waals surface area contributed by atoms with Crippen LogP contribution in [0.2, 0.25) is 0 Å². The molecule has 2 fully saturated rings. The van der Waals surface area contributed by atoms with Gasteiger partial charge in [0.2, 0.25) is 17.7 Å². The summed E-state index contributed by atoms with van der Waals surface area (Å²) in [5, 5.41) is 5.53. The third kappa shape index (κ3) is 8.54. The van der Waals surface area contributed by atoms with Crippen LogP contribution >= 0.6 is 0 Å². The van der Waals surface area contributed by atoms with Crippen molar-refractivity contribution >= 4 is 17.7 Å². The highest BCUT2D eigenvalue weighted by molar-refractivity contribution is 5.90. The summed E-state index contributed by atoms with van der Waals surface area (Å²) >= 11 is 0. The van der Waals surface area contributed by atoms with Gasteiger partial charge in [-0.1, -0.05) is 24.3 Å². The van der Waals surface area contributed by atoms with E-state index in [1.807, 2.05) is 0 Å². The molecule has 0 radical (unpaired) electrons. The molecule has 3 amide bonds. The van der Waals surface area contributed by atoms with E-state index in [2.05, 4.69) is 15.5 Å². The Labute approximate surface area is 244 Å². The van der Waals surface area contributed by atoms with E-state index >= 15 is 0 Å². The van der Waals surface area contributed by atoms with Gasteiger partial charge >= 0.3 is 0 Å². The molecule has 2 unspecified atom stereocenters. The second kappa shape index (κ2) is 15.2. The fraction of sp³-hybridized carbons (Fsp3) is 0.516. The molecule has 2 aliphatic rings. The first kappa shape index (κ1) is 31.5. The maximum Gasteiger partial charge on any atom is 0.243 e. The summed E-state index contributed by atoms with van der Waals surface area (Å²) in [6, 6.07) is 6.43. The van der Waals surface area contributed by atoms with E-state index in [1.54, 1.807) is 19.1 Å². The van der Waals surface area contributed by atoms with Crippen LogP contribution in [0, 0.1) is 17.5 Å². The van der Waals surface area contributed by atoms with Crippen molar-refractivity contribution < 1.29 is 32.3 Å². The average molecular weight is 589 g/mol. The molecule has 4 rings (SSSR count). The molecule has 2 aromatic rings. The molecular weight excluding hydrogens is 549 g/mol. The molecule has 0 spiro atoms. The predicted molar refractivity (Wildman–Crippen MR) is 152 cm³/mol. The maximum absolute atomic E-state index is 14.1. The second-order valence-corrected chi connectivity index (χ2v) is 10.9. The molecule has 2 N–H and O–H groups in total. The van der Waals surface area contributed by atoms with Crippen LogP contribution in [0.4, 0.5) is 13.2 Å². The Morgan fingerprint density at radius 1 is 0.976 bits per heavy atom. The van der Waals surface area contributed by atoms with E-state index in [0.29, 0.717) is 50.3 Å². The molecule has 42 heavy (non-hydrogen) atoms. The molecule has 0 bridgehead atoms. The zero-order valence-electron chi connectivity index (χ0n) is 24.0. The van der Waals surface area contributed by atoms with Crippen molar-refractivity contribution in [2.24, 2.45) is 0 Å². The standard InChI is InChI=1S/C31H39F3N4O4/c1-21(22-7-9-23(10-8-22)30-25(33)18-24(32)19-26(30)34)36-31(41)27-6-4-15-38(27)29(40)20-35-28(39)11-17-42-16-5-14-37-12-2-3-13-37/h7-10,18-19,21,27H,2-6,11-17,20H2,1H3,(H,35,39)(H,36,41). The summed E-state index contributed by atoms with van der Waals surface area (Å²) in [4.78, 5) is 42.0. The largest absolute Gasteiger partial charge is 0.381 e. The summed E-state index contributed by atoms with van der Waals surface area (Å²) in [6.45, 7) is 6.20. The van der Waals surface area contributed by atoms with Crippen LogP contribution in [0.5, 0.6) is 0 Å². The van der Waals surface area contributed by atoms with Gasteiger partial charge in [0.05, 0.1) is 24.8 Å². The second-order valence-electron chi connectivity index (χ2n) is 10.9. The third-order valence-electron chi connectivity index (χ3n) is 7.81. The molecule has 0 aromatic heterocycles. The van der Waals surface area contributed by atoms with E-state index in [-0.39, 0.29) is 41.8 Å². The number of nitrogens with zero attached hydrogens (tertiary/aromatic N) is 2. The smallest absolute Gasteiger partial charge is 0.243 e. The number of carbonyl (C=O) groups is 3. The molecule has 8 nitrogen and oxygen atoms in total. The minimum absolute atomic E-state index is 0.164. The highest BCUT2D eigenvalue weighted by atomic mass is 19.1. The van der Waals surface area contributed by atoms with Crippen LogP contribution in [-0.2, 0) is 19.1 Å². The van der Waals surface area contributed by atoms with Crippen molar-refractivity contribution in [3.8, 4) is 11.1 Å². The number of benzene rings is 2.